The Labute approximate surface area is 143 Å². The van der Waals surface area contributed by atoms with Crippen molar-refractivity contribution < 1.29 is 9.53 Å². The lowest BCUT2D eigenvalue weighted by atomic mass is 10.0. The fourth-order valence-corrected chi connectivity index (χ4v) is 3.82. The molecule has 1 amide bonds. The Morgan fingerprint density at radius 2 is 2.13 bits per heavy atom. The second kappa shape index (κ2) is 7.65. The van der Waals surface area contributed by atoms with Crippen molar-refractivity contribution in [2.45, 2.75) is 44.8 Å². The highest BCUT2D eigenvalue weighted by molar-refractivity contribution is 6.34. The van der Waals surface area contributed by atoms with E-state index < -0.39 is 0 Å². The van der Waals surface area contributed by atoms with E-state index in [2.05, 4.69) is 10.2 Å². The van der Waals surface area contributed by atoms with Gasteiger partial charge in [0.25, 0.3) is 5.91 Å². The molecule has 4 nitrogen and oxygen atoms in total. The lowest BCUT2D eigenvalue weighted by Gasteiger charge is -2.33. The van der Waals surface area contributed by atoms with Crippen LogP contribution in [0.25, 0.3) is 0 Å². The zero-order chi connectivity index (χ0) is 16.2. The molecular weight excluding hydrogens is 312 g/mol. The fourth-order valence-electron chi connectivity index (χ4n) is 3.51. The summed E-state index contributed by atoms with van der Waals surface area (Å²) < 4.78 is 5.71. The first kappa shape index (κ1) is 16.7. The van der Waals surface area contributed by atoms with Gasteiger partial charge in [0, 0.05) is 32.3 Å². The maximum Gasteiger partial charge on any atom is 0.253 e. The largest absolute Gasteiger partial charge is 0.377 e. The number of carbonyl (C=O) groups is 1. The number of rotatable bonds is 4. The molecule has 23 heavy (non-hydrogen) atoms. The van der Waals surface area contributed by atoms with Crippen molar-refractivity contribution in [3.05, 3.63) is 34.3 Å². The number of nitrogens with one attached hydrogen (secondary N) is 1. The van der Waals surface area contributed by atoms with Crippen molar-refractivity contribution >= 4 is 17.5 Å². The first-order valence-corrected chi connectivity index (χ1v) is 8.91. The molecule has 2 heterocycles. The van der Waals surface area contributed by atoms with Gasteiger partial charge in [-0.05, 0) is 44.2 Å². The SMILES string of the molecule is Cc1cccc(Cl)c1C(=O)NC1CCN(CC2CCCO2)CC1. The van der Waals surface area contributed by atoms with E-state index in [-0.39, 0.29) is 11.9 Å². The van der Waals surface area contributed by atoms with Crippen LogP contribution in [0.15, 0.2) is 18.2 Å². The van der Waals surface area contributed by atoms with Crippen LogP contribution in [0.1, 0.15) is 41.6 Å². The van der Waals surface area contributed by atoms with E-state index in [9.17, 15) is 4.79 Å². The predicted octanol–water partition coefficient (Wildman–Crippen LogP) is 3.02. The van der Waals surface area contributed by atoms with Crippen LogP contribution < -0.4 is 5.32 Å². The van der Waals surface area contributed by atoms with Gasteiger partial charge in [-0.15, -0.1) is 0 Å². The molecule has 2 aliphatic heterocycles. The normalized spacial score (nSPS) is 23.1. The van der Waals surface area contributed by atoms with Crippen molar-refractivity contribution in [3.8, 4) is 0 Å². The fraction of sp³-hybridized carbons (Fsp3) is 0.611. The Balaban J connectivity index is 1.49. The summed E-state index contributed by atoms with van der Waals surface area (Å²) in [5.74, 6) is -0.0503. The number of aryl methyl sites for hydroxylation is 1. The molecule has 0 spiro atoms. The van der Waals surface area contributed by atoms with Crippen LogP contribution in [0.3, 0.4) is 0 Å². The summed E-state index contributed by atoms with van der Waals surface area (Å²) in [6.07, 6.45) is 4.76. The van der Waals surface area contributed by atoms with Crippen LogP contribution in [0.2, 0.25) is 5.02 Å². The highest BCUT2D eigenvalue weighted by atomic mass is 35.5. The summed E-state index contributed by atoms with van der Waals surface area (Å²) in [4.78, 5) is 14.9. The average Bonchev–Trinajstić information content (AvgIpc) is 3.02. The summed E-state index contributed by atoms with van der Waals surface area (Å²) in [7, 11) is 0. The molecule has 0 bridgehead atoms. The number of carbonyl (C=O) groups excluding carboxylic acids is 1. The number of halogens is 1. The van der Waals surface area contributed by atoms with Crippen LogP contribution in [-0.2, 0) is 4.74 Å². The Bertz CT molecular complexity index is 530. The van der Waals surface area contributed by atoms with Crippen molar-refractivity contribution in [1.82, 2.24) is 10.2 Å². The zero-order valence-electron chi connectivity index (χ0n) is 13.7. The van der Waals surface area contributed by atoms with Gasteiger partial charge >= 0.3 is 0 Å². The topological polar surface area (TPSA) is 41.6 Å². The molecule has 0 saturated carbocycles. The lowest BCUT2D eigenvalue weighted by Crippen LogP contribution is -2.46. The maximum atomic E-state index is 12.5. The highest BCUT2D eigenvalue weighted by Gasteiger charge is 2.25. The summed E-state index contributed by atoms with van der Waals surface area (Å²) in [6.45, 7) is 5.91. The number of hydrogen-bond donors (Lipinski definition) is 1. The van der Waals surface area contributed by atoms with E-state index in [4.69, 9.17) is 16.3 Å². The van der Waals surface area contributed by atoms with Gasteiger partial charge in [0.2, 0.25) is 0 Å². The molecule has 1 atom stereocenters. The van der Waals surface area contributed by atoms with Crippen LogP contribution in [0.5, 0.6) is 0 Å². The number of ether oxygens (including phenoxy) is 1. The Kier molecular flexibility index (Phi) is 5.57. The number of likely N-dealkylation sites (tertiary alicyclic amines) is 1. The molecule has 1 aromatic rings. The Hall–Kier alpha value is -1.10. The molecule has 126 valence electrons. The van der Waals surface area contributed by atoms with Crippen LogP contribution in [-0.4, -0.2) is 49.2 Å². The molecule has 1 unspecified atom stereocenters. The van der Waals surface area contributed by atoms with E-state index in [1.54, 1.807) is 6.07 Å². The number of nitrogens with zero attached hydrogens (tertiary/aromatic N) is 1. The maximum absolute atomic E-state index is 12.5. The molecule has 1 aromatic carbocycles. The van der Waals surface area contributed by atoms with Gasteiger partial charge < -0.3 is 15.0 Å². The first-order chi connectivity index (χ1) is 11.1. The lowest BCUT2D eigenvalue weighted by molar-refractivity contribution is 0.0613. The van der Waals surface area contributed by atoms with E-state index in [0.29, 0.717) is 16.7 Å². The van der Waals surface area contributed by atoms with Crippen molar-refractivity contribution in [2.24, 2.45) is 0 Å². The summed E-state index contributed by atoms with van der Waals surface area (Å²) in [5, 5.41) is 3.68. The van der Waals surface area contributed by atoms with E-state index in [1.807, 2.05) is 19.1 Å². The molecule has 5 heteroatoms. The van der Waals surface area contributed by atoms with Crippen LogP contribution in [0, 0.1) is 6.92 Å². The quantitative estimate of drug-likeness (QED) is 0.919. The number of benzene rings is 1. The molecule has 1 N–H and O–H groups in total. The minimum atomic E-state index is -0.0503. The van der Waals surface area contributed by atoms with Crippen molar-refractivity contribution in [3.63, 3.8) is 0 Å². The molecule has 0 radical (unpaired) electrons. The van der Waals surface area contributed by atoms with Gasteiger partial charge in [-0.1, -0.05) is 23.7 Å². The molecule has 2 fully saturated rings. The van der Waals surface area contributed by atoms with Gasteiger partial charge in [0.05, 0.1) is 16.7 Å². The summed E-state index contributed by atoms with van der Waals surface area (Å²) in [6, 6.07) is 5.80. The van der Waals surface area contributed by atoms with Gasteiger partial charge in [-0.3, -0.25) is 4.79 Å². The highest BCUT2D eigenvalue weighted by Crippen LogP contribution is 2.21. The molecular formula is C18H25ClN2O2. The van der Waals surface area contributed by atoms with Gasteiger partial charge in [-0.25, -0.2) is 0 Å². The van der Waals surface area contributed by atoms with Crippen LogP contribution >= 0.6 is 11.6 Å². The summed E-state index contributed by atoms with van der Waals surface area (Å²) in [5.41, 5.74) is 1.53. The second-order valence-corrected chi connectivity index (χ2v) is 7.02. The summed E-state index contributed by atoms with van der Waals surface area (Å²) >= 11 is 6.18. The smallest absolute Gasteiger partial charge is 0.253 e. The molecule has 3 rings (SSSR count). The number of hydrogen-bond acceptors (Lipinski definition) is 3. The molecule has 2 aliphatic rings. The van der Waals surface area contributed by atoms with Crippen LogP contribution in [0.4, 0.5) is 0 Å². The Morgan fingerprint density at radius 1 is 1.35 bits per heavy atom. The third-order valence-electron chi connectivity index (χ3n) is 4.86. The second-order valence-electron chi connectivity index (χ2n) is 6.62. The third-order valence-corrected chi connectivity index (χ3v) is 5.17. The molecule has 2 saturated heterocycles. The van der Waals surface area contributed by atoms with E-state index in [1.165, 1.54) is 12.8 Å². The third kappa shape index (κ3) is 4.25. The zero-order valence-corrected chi connectivity index (χ0v) is 14.4. The number of piperidine rings is 1. The van der Waals surface area contributed by atoms with E-state index in [0.717, 1.165) is 44.6 Å². The van der Waals surface area contributed by atoms with E-state index >= 15 is 0 Å². The van der Waals surface area contributed by atoms with Gasteiger partial charge in [-0.2, -0.15) is 0 Å². The average molecular weight is 337 g/mol. The van der Waals surface area contributed by atoms with Gasteiger partial charge in [0.1, 0.15) is 0 Å². The number of amides is 1. The minimum Gasteiger partial charge on any atom is -0.377 e. The van der Waals surface area contributed by atoms with Crippen molar-refractivity contribution in [1.29, 1.82) is 0 Å². The molecule has 0 aliphatic carbocycles. The Morgan fingerprint density at radius 3 is 2.78 bits per heavy atom. The first-order valence-electron chi connectivity index (χ1n) is 8.53. The van der Waals surface area contributed by atoms with Crippen molar-refractivity contribution in [2.75, 3.05) is 26.2 Å². The molecule has 0 aromatic heterocycles. The minimum absolute atomic E-state index is 0.0503. The van der Waals surface area contributed by atoms with Gasteiger partial charge in [0.15, 0.2) is 0 Å². The standard InChI is InChI=1S/C18H25ClN2O2/c1-13-4-2-6-16(19)17(13)18(22)20-14-7-9-21(10-8-14)12-15-5-3-11-23-15/h2,4,6,14-15H,3,5,7-12H2,1H3,(H,20,22). The predicted molar refractivity (Wildman–Crippen MR) is 92.1 cm³/mol. The monoisotopic (exact) mass is 336 g/mol.